The zero-order valence-corrected chi connectivity index (χ0v) is 10.3. The normalized spacial score (nSPS) is 26.7. The highest BCUT2D eigenvalue weighted by atomic mass is 16.7. The molecule has 100 valence electrons. The molecule has 18 heavy (non-hydrogen) atoms. The van der Waals surface area contributed by atoms with Crippen molar-refractivity contribution in [3.05, 3.63) is 20.9 Å². The number of ether oxygens (including phenoxy) is 3. The molecule has 0 aromatic heterocycles. The molecule has 0 spiro atoms. The van der Waals surface area contributed by atoms with Crippen LogP contribution in [0.5, 0.6) is 0 Å². The molecule has 1 aliphatic rings. The summed E-state index contributed by atoms with van der Waals surface area (Å²) in [5.41, 5.74) is 17.0. The van der Waals surface area contributed by atoms with Gasteiger partial charge in [0.05, 0.1) is 18.7 Å². The fraction of sp³-hybridized carbons (Fsp3) is 1.00. The molecule has 0 saturated carbocycles. The molecular weight excluding hydrogens is 240 g/mol. The number of rotatable bonds is 7. The van der Waals surface area contributed by atoms with Gasteiger partial charge in [-0.15, -0.1) is 0 Å². The lowest BCUT2D eigenvalue weighted by Gasteiger charge is -2.25. The number of nitrogens with zero attached hydrogens (tertiary/aromatic N) is 6. The molecule has 0 bridgehead atoms. The van der Waals surface area contributed by atoms with Crippen molar-refractivity contribution in [2.45, 2.75) is 38.3 Å². The molecule has 9 heteroatoms. The topological polar surface area (TPSA) is 125 Å². The third kappa shape index (κ3) is 3.49. The summed E-state index contributed by atoms with van der Waals surface area (Å²) >= 11 is 0. The lowest BCUT2D eigenvalue weighted by molar-refractivity contribution is -0.194. The van der Waals surface area contributed by atoms with Crippen LogP contribution in [0, 0.1) is 0 Å². The van der Waals surface area contributed by atoms with E-state index in [9.17, 15) is 0 Å². The zero-order valence-electron chi connectivity index (χ0n) is 10.3. The molecule has 0 unspecified atom stereocenters. The molecule has 1 saturated heterocycles. The van der Waals surface area contributed by atoms with Gasteiger partial charge >= 0.3 is 0 Å². The van der Waals surface area contributed by atoms with E-state index in [4.69, 9.17) is 25.3 Å². The SMILES string of the molecule is CCOC(OCC)[C@H]1OC[C@H](N=[N+]=[N-])[C@@H]1N=[N+]=[N-]. The lowest BCUT2D eigenvalue weighted by atomic mass is 10.1. The molecule has 1 heterocycles. The second-order valence-corrected chi connectivity index (χ2v) is 3.54. The molecule has 3 atom stereocenters. The number of hydrogen-bond acceptors (Lipinski definition) is 5. The highest BCUT2D eigenvalue weighted by molar-refractivity contribution is 4.96. The average Bonchev–Trinajstić information content (AvgIpc) is 2.74. The molecule has 0 aliphatic carbocycles. The Bertz CT molecular complexity index is 346. The molecule has 1 aliphatic heterocycles. The first-order chi connectivity index (χ1) is 8.78. The largest absolute Gasteiger partial charge is 0.372 e. The van der Waals surface area contributed by atoms with E-state index >= 15 is 0 Å². The first-order valence-electron chi connectivity index (χ1n) is 5.71. The monoisotopic (exact) mass is 256 g/mol. The number of azide groups is 2. The Morgan fingerprint density at radius 1 is 1.22 bits per heavy atom. The van der Waals surface area contributed by atoms with E-state index in [1.165, 1.54) is 0 Å². The van der Waals surface area contributed by atoms with Crippen molar-refractivity contribution in [2.75, 3.05) is 19.8 Å². The van der Waals surface area contributed by atoms with Gasteiger partial charge in [0.1, 0.15) is 6.10 Å². The van der Waals surface area contributed by atoms with Crippen molar-refractivity contribution in [2.24, 2.45) is 10.2 Å². The summed E-state index contributed by atoms with van der Waals surface area (Å²) < 4.78 is 16.3. The zero-order chi connectivity index (χ0) is 13.4. The Morgan fingerprint density at radius 2 is 1.83 bits per heavy atom. The van der Waals surface area contributed by atoms with E-state index in [0.717, 1.165) is 0 Å². The predicted octanol–water partition coefficient (Wildman–Crippen LogP) is 2.14. The molecule has 0 radical (unpaired) electrons. The van der Waals surface area contributed by atoms with Crippen LogP contribution in [0.4, 0.5) is 0 Å². The molecular formula is C9H16N6O3. The summed E-state index contributed by atoms with van der Waals surface area (Å²) in [5.74, 6) is 0. The minimum absolute atomic E-state index is 0.190. The maximum absolute atomic E-state index is 8.56. The van der Waals surface area contributed by atoms with E-state index < -0.39 is 24.5 Å². The van der Waals surface area contributed by atoms with Crippen LogP contribution in [-0.4, -0.2) is 44.3 Å². The summed E-state index contributed by atoms with van der Waals surface area (Å²) in [7, 11) is 0. The summed E-state index contributed by atoms with van der Waals surface area (Å²) in [4.78, 5) is 5.47. The maximum atomic E-state index is 8.56. The Kier molecular flexibility index (Phi) is 6.27. The van der Waals surface area contributed by atoms with Crippen molar-refractivity contribution < 1.29 is 14.2 Å². The van der Waals surface area contributed by atoms with Crippen molar-refractivity contribution >= 4 is 0 Å². The minimum Gasteiger partial charge on any atom is -0.372 e. The fourth-order valence-electron chi connectivity index (χ4n) is 1.80. The van der Waals surface area contributed by atoms with Crippen LogP contribution in [-0.2, 0) is 14.2 Å². The van der Waals surface area contributed by atoms with Gasteiger partial charge < -0.3 is 14.2 Å². The van der Waals surface area contributed by atoms with Gasteiger partial charge in [-0.25, -0.2) is 0 Å². The standard InChI is InChI=1S/C9H16N6O3/c1-3-16-9(17-4-2)8-7(13-15-11)6(5-18-8)12-14-10/h6-9H,3-5H2,1-2H3/t6-,7-,8-/m0/s1. The van der Waals surface area contributed by atoms with Crippen LogP contribution < -0.4 is 0 Å². The molecule has 0 aromatic carbocycles. The van der Waals surface area contributed by atoms with Crippen LogP contribution in [0.2, 0.25) is 0 Å². The molecule has 1 rings (SSSR count). The predicted molar refractivity (Wildman–Crippen MR) is 62.6 cm³/mol. The van der Waals surface area contributed by atoms with E-state index in [-0.39, 0.29) is 6.61 Å². The molecule has 1 fully saturated rings. The van der Waals surface area contributed by atoms with Crippen molar-refractivity contribution in [1.82, 2.24) is 0 Å². The molecule has 9 nitrogen and oxygen atoms in total. The van der Waals surface area contributed by atoms with Gasteiger partial charge in [-0.2, -0.15) is 0 Å². The van der Waals surface area contributed by atoms with Crippen LogP contribution in [0.15, 0.2) is 10.2 Å². The third-order valence-corrected chi connectivity index (χ3v) is 2.51. The van der Waals surface area contributed by atoms with Gasteiger partial charge in [0.2, 0.25) is 0 Å². The summed E-state index contributed by atoms with van der Waals surface area (Å²) in [6.45, 7) is 4.73. The van der Waals surface area contributed by atoms with Crippen LogP contribution in [0.3, 0.4) is 0 Å². The number of hydrogen-bond donors (Lipinski definition) is 0. The van der Waals surface area contributed by atoms with Gasteiger partial charge in [0, 0.05) is 23.0 Å². The van der Waals surface area contributed by atoms with Crippen molar-refractivity contribution in [1.29, 1.82) is 0 Å². The highest BCUT2D eigenvalue weighted by Crippen LogP contribution is 2.25. The highest BCUT2D eigenvalue weighted by Gasteiger charge is 2.41. The lowest BCUT2D eigenvalue weighted by Crippen LogP contribution is -2.40. The van der Waals surface area contributed by atoms with Crippen LogP contribution in [0.1, 0.15) is 13.8 Å². The van der Waals surface area contributed by atoms with E-state index in [0.29, 0.717) is 13.2 Å². The van der Waals surface area contributed by atoms with Crippen molar-refractivity contribution in [3.63, 3.8) is 0 Å². The maximum Gasteiger partial charge on any atom is 0.184 e. The fourth-order valence-corrected chi connectivity index (χ4v) is 1.80. The second kappa shape index (κ2) is 7.75. The second-order valence-electron chi connectivity index (χ2n) is 3.54. The molecule has 0 N–H and O–H groups in total. The summed E-state index contributed by atoms with van der Waals surface area (Å²) in [6.07, 6.45) is -1.19. The summed E-state index contributed by atoms with van der Waals surface area (Å²) in [6, 6.07) is -1.15. The Labute approximate surface area is 104 Å². The van der Waals surface area contributed by atoms with Gasteiger partial charge in [-0.3, -0.25) is 0 Å². The molecule has 0 amide bonds. The molecule has 0 aromatic rings. The van der Waals surface area contributed by atoms with Crippen molar-refractivity contribution in [3.8, 4) is 0 Å². The Balaban J connectivity index is 2.84. The van der Waals surface area contributed by atoms with Gasteiger partial charge in [0.25, 0.3) is 0 Å². The first kappa shape index (κ1) is 14.6. The quantitative estimate of drug-likeness (QED) is 0.299. The average molecular weight is 256 g/mol. The third-order valence-electron chi connectivity index (χ3n) is 2.51. The first-order valence-corrected chi connectivity index (χ1v) is 5.71. The Morgan fingerprint density at radius 3 is 2.33 bits per heavy atom. The van der Waals surface area contributed by atoms with Gasteiger partial charge in [0.15, 0.2) is 6.29 Å². The van der Waals surface area contributed by atoms with E-state index in [2.05, 4.69) is 20.1 Å². The van der Waals surface area contributed by atoms with Crippen LogP contribution in [0.25, 0.3) is 20.9 Å². The minimum atomic E-state index is -0.630. The van der Waals surface area contributed by atoms with Crippen LogP contribution >= 0.6 is 0 Å². The summed E-state index contributed by atoms with van der Waals surface area (Å²) in [5, 5.41) is 7.18. The van der Waals surface area contributed by atoms with E-state index in [1.54, 1.807) is 0 Å². The van der Waals surface area contributed by atoms with Gasteiger partial charge in [-0.05, 0) is 24.9 Å². The van der Waals surface area contributed by atoms with Gasteiger partial charge in [-0.1, -0.05) is 10.2 Å². The Hall–Kier alpha value is -1.50. The smallest absolute Gasteiger partial charge is 0.184 e. The van der Waals surface area contributed by atoms with E-state index in [1.807, 2.05) is 13.8 Å².